The van der Waals surface area contributed by atoms with E-state index < -0.39 is 5.54 Å². The van der Waals surface area contributed by atoms with Crippen LogP contribution >= 0.6 is 22.6 Å². The molecule has 1 unspecified atom stereocenters. The van der Waals surface area contributed by atoms with Gasteiger partial charge in [0.2, 0.25) is 0 Å². The van der Waals surface area contributed by atoms with Crippen molar-refractivity contribution < 1.29 is 5.11 Å². The molecule has 72 valence electrons. The molecule has 0 radical (unpaired) electrons. The number of rotatable bonds is 2. The van der Waals surface area contributed by atoms with E-state index in [0.717, 1.165) is 14.7 Å². The number of benzene rings is 1. The molecular weight excluding hydrogens is 277 g/mol. The predicted octanol–water partition coefficient (Wildman–Crippen LogP) is 1.77. The summed E-state index contributed by atoms with van der Waals surface area (Å²) < 4.78 is 1.14. The lowest BCUT2D eigenvalue weighted by atomic mass is 9.90. The zero-order valence-corrected chi connectivity index (χ0v) is 10.00. The second kappa shape index (κ2) is 3.94. The zero-order chi connectivity index (χ0) is 10.1. The van der Waals surface area contributed by atoms with Gasteiger partial charge in [0.15, 0.2) is 0 Å². The highest BCUT2D eigenvalue weighted by atomic mass is 127. The quantitative estimate of drug-likeness (QED) is 0.816. The second-order valence-electron chi connectivity index (χ2n) is 3.53. The van der Waals surface area contributed by atoms with Crippen molar-refractivity contribution in [3.05, 3.63) is 32.9 Å². The number of hydrogen-bond donors (Lipinski definition) is 2. The van der Waals surface area contributed by atoms with Gasteiger partial charge in [-0.1, -0.05) is 6.07 Å². The van der Waals surface area contributed by atoms with Crippen molar-refractivity contribution in [3.63, 3.8) is 0 Å². The lowest BCUT2D eigenvalue weighted by molar-refractivity contribution is 0.209. The van der Waals surface area contributed by atoms with E-state index in [1.807, 2.05) is 32.0 Å². The van der Waals surface area contributed by atoms with Gasteiger partial charge in [-0.15, -0.1) is 0 Å². The molecule has 1 rings (SSSR count). The monoisotopic (exact) mass is 291 g/mol. The summed E-state index contributed by atoms with van der Waals surface area (Å²) in [6.45, 7) is 3.81. The Hall–Kier alpha value is -0.130. The Morgan fingerprint density at radius 1 is 1.54 bits per heavy atom. The molecule has 0 saturated carbocycles. The highest BCUT2D eigenvalue weighted by molar-refractivity contribution is 14.1. The summed E-state index contributed by atoms with van der Waals surface area (Å²) >= 11 is 2.24. The summed E-state index contributed by atoms with van der Waals surface area (Å²) in [5.74, 6) is 0. The lowest BCUT2D eigenvalue weighted by Gasteiger charge is -2.24. The molecule has 0 saturated heterocycles. The fourth-order valence-electron chi connectivity index (χ4n) is 1.29. The van der Waals surface area contributed by atoms with E-state index in [1.54, 1.807) is 0 Å². The van der Waals surface area contributed by atoms with Crippen LogP contribution in [-0.4, -0.2) is 11.7 Å². The van der Waals surface area contributed by atoms with Gasteiger partial charge in [0.25, 0.3) is 0 Å². The number of hydrogen-bond acceptors (Lipinski definition) is 2. The van der Waals surface area contributed by atoms with Gasteiger partial charge in [-0.25, -0.2) is 0 Å². The number of halogens is 1. The molecule has 0 aliphatic rings. The van der Waals surface area contributed by atoms with Gasteiger partial charge < -0.3 is 10.8 Å². The highest BCUT2D eigenvalue weighted by Crippen LogP contribution is 2.23. The van der Waals surface area contributed by atoms with Gasteiger partial charge in [-0.05, 0) is 59.7 Å². The SMILES string of the molecule is Cc1ccc(I)cc1C(C)(N)CO. The van der Waals surface area contributed by atoms with E-state index in [2.05, 4.69) is 22.6 Å². The third-order valence-corrected chi connectivity index (χ3v) is 2.81. The van der Waals surface area contributed by atoms with Crippen LogP contribution in [0.4, 0.5) is 0 Å². The maximum Gasteiger partial charge on any atom is 0.0650 e. The summed E-state index contributed by atoms with van der Waals surface area (Å²) in [5.41, 5.74) is 7.46. The van der Waals surface area contributed by atoms with Crippen LogP contribution in [0.3, 0.4) is 0 Å². The first-order valence-electron chi connectivity index (χ1n) is 4.14. The Bertz CT molecular complexity index is 310. The summed E-state index contributed by atoms with van der Waals surface area (Å²) in [6.07, 6.45) is 0. The van der Waals surface area contributed by atoms with E-state index in [-0.39, 0.29) is 6.61 Å². The van der Waals surface area contributed by atoms with Crippen LogP contribution in [0.25, 0.3) is 0 Å². The van der Waals surface area contributed by atoms with Crippen molar-refractivity contribution in [2.24, 2.45) is 5.73 Å². The van der Waals surface area contributed by atoms with E-state index in [4.69, 9.17) is 10.8 Å². The number of aliphatic hydroxyl groups is 1. The van der Waals surface area contributed by atoms with Crippen LogP contribution in [-0.2, 0) is 5.54 Å². The predicted molar refractivity (Wildman–Crippen MR) is 62.5 cm³/mol. The maximum atomic E-state index is 9.14. The largest absolute Gasteiger partial charge is 0.394 e. The molecule has 1 aromatic carbocycles. The van der Waals surface area contributed by atoms with Crippen LogP contribution < -0.4 is 5.73 Å². The van der Waals surface area contributed by atoms with Crippen molar-refractivity contribution >= 4 is 22.6 Å². The molecule has 1 aromatic rings. The Labute approximate surface area is 92.3 Å². The average molecular weight is 291 g/mol. The molecule has 3 N–H and O–H groups in total. The highest BCUT2D eigenvalue weighted by Gasteiger charge is 2.21. The molecule has 0 heterocycles. The molecular formula is C10H14INO. The van der Waals surface area contributed by atoms with Gasteiger partial charge in [0.05, 0.1) is 12.1 Å². The van der Waals surface area contributed by atoms with Crippen molar-refractivity contribution in [3.8, 4) is 0 Å². The number of aryl methyl sites for hydroxylation is 1. The van der Waals surface area contributed by atoms with Crippen LogP contribution in [0.15, 0.2) is 18.2 Å². The van der Waals surface area contributed by atoms with E-state index >= 15 is 0 Å². The first kappa shape index (κ1) is 10.9. The van der Waals surface area contributed by atoms with Crippen LogP contribution in [0, 0.1) is 10.5 Å². The minimum absolute atomic E-state index is 0.0338. The molecule has 0 bridgehead atoms. The molecule has 0 aliphatic heterocycles. The Morgan fingerprint density at radius 3 is 2.69 bits per heavy atom. The van der Waals surface area contributed by atoms with E-state index in [0.29, 0.717) is 0 Å². The van der Waals surface area contributed by atoms with Crippen molar-refractivity contribution in [1.82, 2.24) is 0 Å². The topological polar surface area (TPSA) is 46.2 Å². The van der Waals surface area contributed by atoms with Gasteiger partial charge in [-0.3, -0.25) is 0 Å². The molecule has 0 fully saturated rings. The smallest absolute Gasteiger partial charge is 0.0650 e. The van der Waals surface area contributed by atoms with Gasteiger partial charge in [0, 0.05) is 3.57 Å². The molecule has 0 amide bonds. The van der Waals surface area contributed by atoms with Gasteiger partial charge in [0.1, 0.15) is 0 Å². The first-order chi connectivity index (χ1) is 5.97. The van der Waals surface area contributed by atoms with Gasteiger partial charge >= 0.3 is 0 Å². The normalized spacial score (nSPS) is 15.5. The molecule has 0 spiro atoms. The van der Waals surface area contributed by atoms with Crippen molar-refractivity contribution in [2.45, 2.75) is 19.4 Å². The Kier molecular flexibility index (Phi) is 3.32. The van der Waals surface area contributed by atoms with Crippen LogP contribution in [0.1, 0.15) is 18.1 Å². The average Bonchev–Trinajstić information content (AvgIpc) is 2.09. The second-order valence-corrected chi connectivity index (χ2v) is 4.78. The molecule has 3 heteroatoms. The number of aliphatic hydroxyl groups excluding tert-OH is 1. The molecule has 2 nitrogen and oxygen atoms in total. The molecule has 1 atom stereocenters. The Morgan fingerprint density at radius 2 is 2.15 bits per heavy atom. The fraction of sp³-hybridized carbons (Fsp3) is 0.400. The van der Waals surface area contributed by atoms with Crippen LogP contribution in [0.2, 0.25) is 0 Å². The molecule has 13 heavy (non-hydrogen) atoms. The third-order valence-electron chi connectivity index (χ3n) is 2.14. The number of nitrogens with two attached hydrogens (primary N) is 1. The van der Waals surface area contributed by atoms with Crippen molar-refractivity contribution in [2.75, 3.05) is 6.61 Å². The summed E-state index contributed by atoms with van der Waals surface area (Å²) in [5, 5.41) is 9.14. The van der Waals surface area contributed by atoms with E-state index in [1.165, 1.54) is 0 Å². The molecule has 0 aliphatic carbocycles. The van der Waals surface area contributed by atoms with Crippen molar-refractivity contribution in [1.29, 1.82) is 0 Å². The summed E-state index contributed by atoms with van der Waals surface area (Å²) in [4.78, 5) is 0. The lowest BCUT2D eigenvalue weighted by Crippen LogP contribution is -2.37. The standard InChI is InChI=1S/C10H14INO/c1-7-3-4-8(11)5-9(7)10(2,12)6-13/h3-5,13H,6,12H2,1-2H3. The first-order valence-corrected chi connectivity index (χ1v) is 5.21. The fourth-order valence-corrected chi connectivity index (χ4v) is 1.79. The van der Waals surface area contributed by atoms with E-state index in [9.17, 15) is 0 Å². The molecule has 0 aromatic heterocycles. The van der Waals surface area contributed by atoms with Gasteiger partial charge in [-0.2, -0.15) is 0 Å². The minimum Gasteiger partial charge on any atom is -0.394 e. The summed E-state index contributed by atoms with van der Waals surface area (Å²) in [7, 11) is 0. The van der Waals surface area contributed by atoms with Crippen LogP contribution in [0.5, 0.6) is 0 Å². The minimum atomic E-state index is -0.634. The summed E-state index contributed by atoms with van der Waals surface area (Å²) in [6, 6.07) is 6.08. The Balaban J connectivity index is 3.20. The third kappa shape index (κ3) is 2.42. The zero-order valence-electron chi connectivity index (χ0n) is 7.84. The maximum absolute atomic E-state index is 9.14.